The maximum atomic E-state index is 10.2. The van der Waals surface area contributed by atoms with E-state index in [1.807, 2.05) is 18.2 Å². The van der Waals surface area contributed by atoms with Crippen LogP contribution in [0.5, 0.6) is 0 Å². The zero-order chi connectivity index (χ0) is 9.80. The lowest BCUT2D eigenvalue weighted by Gasteiger charge is -1.99. The summed E-state index contributed by atoms with van der Waals surface area (Å²) in [6, 6.07) is 5.98. The van der Waals surface area contributed by atoms with Gasteiger partial charge in [-0.05, 0) is 24.1 Å². The normalized spacial score (nSPS) is 10.3. The van der Waals surface area contributed by atoms with E-state index in [1.54, 1.807) is 6.20 Å². The summed E-state index contributed by atoms with van der Waals surface area (Å²) < 4.78 is 0. The number of nitrogens with zero attached hydrogens (tertiary/aromatic N) is 2. The third kappa shape index (κ3) is 1.76. The molecule has 0 fully saturated rings. The molecule has 0 spiro atoms. The topological polar surface area (TPSA) is 42.9 Å². The van der Waals surface area contributed by atoms with Crippen LogP contribution >= 0.6 is 0 Å². The van der Waals surface area contributed by atoms with E-state index in [1.165, 1.54) is 6.33 Å². The molecular formula is C11H10N2O. The lowest BCUT2D eigenvalue weighted by atomic mass is 10.1. The number of hydrogen-bond donors (Lipinski definition) is 0. The van der Waals surface area contributed by atoms with E-state index < -0.39 is 0 Å². The van der Waals surface area contributed by atoms with Crippen molar-refractivity contribution in [2.75, 3.05) is 0 Å². The van der Waals surface area contributed by atoms with E-state index >= 15 is 0 Å². The van der Waals surface area contributed by atoms with Gasteiger partial charge in [-0.3, -0.25) is 0 Å². The van der Waals surface area contributed by atoms with E-state index in [2.05, 4.69) is 9.97 Å². The van der Waals surface area contributed by atoms with Gasteiger partial charge in [0.05, 0.1) is 5.52 Å². The van der Waals surface area contributed by atoms with E-state index in [0.717, 1.165) is 29.2 Å². The highest BCUT2D eigenvalue weighted by Gasteiger charge is 1.96. The molecule has 2 aromatic rings. The second kappa shape index (κ2) is 3.96. The van der Waals surface area contributed by atoms with Crippen molar-refractivity contribution in [1.29, 1.82) is 0 Å². The lowest BCUT2D eigenvalue weighted by Crippen LogP contribution is -1.87. The molecule has 0 atom stereocenters. The van der Waals surface area contributed by atoms with Gasteiger partial charge in [0.1, 0.15) is 12.6 Å². The molecule has 2 rings (SSSR count). The van der Waals surface area contributed by atoms with Crippen LogP contribution in [0.2, 0.25) is 0 Å². The summed E-state index contributed by atoms with van der Waals surface area (Å²) in [6.45, 7) is 0. The Morgan fingerprint density at radius 1 is 1.36 bits per heavy atom. The van der Waals surface area contributed by atoms with Gasteiger partial charge in [0.15, 0.2) is 0 Å². The molecule has 3 heteroatoms. The van der Waals surface area contributed by atoms with Crippen LogP contribution in [0.25, 0.3) is 10.9 Å². The van der Waals surface area contributed by atoms with E-state index in [-0.39, 0.29) is 0 Å². The first-order chi connectivity index (χ1) is 6.90. The smallest absolute Gasteiger partial charge is 0.120 e. The van der Waals surface area contributed by atoms with Crippen molar-refractivity contribution < 1.29 is 4.79 Å². The largest absolute Gasteiger partial charge is 0.303 e. The SMILES string of the molecule is O=CCCc1ccc2ncncc2c1. The van der Waals surface area contributed by atoms with Gasteiger partial charge in [0.2, 0.25) is 0 Å². The van der Waals surface area contributed by atoms with Gasteiger partial charge >= 0.3 is 0 Å². The summed E-state index contributed by atoms with van der Waals surface area (Å²) in [5, 5.41) is 1.02. The molecule has 1 heterocycles. The van der Waals surface area contributed by atoms with Gasteiger partial charge in [-0.1, -0.05) is 6.07 Å². The third-order valence-corrected chi connectivity index (χ3v) is 2.12. The number of carbonyl (C=O) groups is 1. The molecule has 0 bridgehead atoms. The Morgan fingerprint density at radius 2 is 2.29 bits per heavy atom. The highest BCUT2D eigenvalue weighted by Crippen LogP contribution is 2.12. The summed E-state index contributed by atoms with van der Waals surface area (Å²) >= 11 is 0. The molecule has 1 aromatic carbocycles. The highest BCUT2D eigenvalue weighted by molar-refractivity contribution is 5.78. The van der Waals surface area contributed by atoms with Gasteiger partial charge in [-0.25, -0.2) is 9.97 Å². The lowest BCUT2D eigenvalue weighted by molar-refractivity contribution is -0.107. The van der Waals surface area contributed by atoms with Gasteiger partial charge in [0.25, 0.3) is 0 Å². The maximum Gasteiger partial charge on any atom is 0.120 e. The molecule has 0 saturated heterocycles. The highest BCUT2D eigenvalue weighted by atomic mass is 16.1. The molecule has 70 valence electrons. The number of benzene rings is 1. The summed E-state index contributed by atoms with van der Waals surface area (Å²) in [4.78, 5) is 18.3. The Bertz CT molecular complexity index is 454. The fourth-order valence-electron chi connectivity index (χ4n) is 1.42. The maximum absolute atomic E-state index is 10.2. The van der Waals surface area contributed by atoms with Crippen molar-refractivity contribution in [1.82, 2.24) is 9.97 Å². The van der Waals surface area contributed by atoms with Crippen LogP contribution in [-0.4, -0.2) is 16.3 Å². The monoisotopic (exact) mass is 186 g/mol. The quantitative estimate of drug-likeness (QED) is 0.686. The Morgan fingerprint density at radius 3 is 3.14 bits per heavy atom. The minimum atomic E-state index is 0.569. The van der Waals surface area contributed by atoms with E-state index in [0.29, 0.717) is 6.42 Å². The van der Waals surface area contributed by atoms with Crippen LogP contribution in [-0.2, 0) is 11.2 Å². The minimum Gasteiger partial charge on any atom is -0.303 e. The molecule has 0 saturated carbocycles. The first-order valence-corrected chi connectivity index (χ1v) is 4.52. The van der Waals surface area contributed by atoms with Gasteiger partial charge < -0.3 is 4.79 Å². The average Bonchev–Trinajstić information content (AvgIpc) is 2.26. The molecule has 0 unspecified atom stereocenters. The summed E-state index contributed by atoms with van der Waals surface area (Å²) in [6.07, 6.45) is 5.61. The summed E-state index contributed by atoms with van der Waals surface area (Å²) in [5.74, 6) is 0. The Balaban J connectivity index is 2.36. The van der Waals surface area contributed by atoms with E-state index in [9.17, 15) is 4.79 Å². The molecular weight excluding hydrogens is 176 g/mol. The van der Waals surface area contributed by atoms with Crippen LogP contribution in [0.15, 0.2) is 30.7 Å². The third-order valence-electron chi connectivity index (χ3n) is 2.12. The Labute approximate surface area is 81.8 Å². The second-order valence-corrected chi connectivity index (χ2v) is 3.12. The fraction of sp³-hybridized carbons (Fsp3) is 0.182. The zero-order valence-electron chi connectivity index (χ0n) is 7.68. The second-order valence-electron chi connectivity index (χ2n) is 3.12. The van der Waals surface area contributed by atoms with Crippen LogP contribution < -0.4 is 0 Å². The summed E-state index contributed by atoms with van der Waals surface area (Å²) in [7, 11) is 0. The van der Waals surface area contributed by atoms with Gasteiger partial charge in [-0.2, -0.15) is 0 Å². The number of fused-ring (bicyclic) bond motifs is 1. The Kier molecular flexibility index (Phi) is 2.49. The number of aromatic nitrogens is 2. The van der Waals surface area contributed by atoms with E-state index in [4.69, 9.17) is 0 Å². The minimum absolute atomic E-state index is 0.569. The fourth-order valence-corrected chi connectivity index (χ4v) is 1.42. The molecule has 0 N–H and O–H groups in total. The van der Waals surface area contributed by atoms with Gasteiger partial charge in [0, 0.05) is 18.0 Å². The van der Waals surface area contributed by atoms with Crippen LogP contribution in [0.4, 0.5) is 0 Å². The molecule has 1 aromatic heterocycles. The van der Waals surface area contributed by atoms with Gasteiger partial charge in [-0.15, -0.1) is 0 Å². The zero-order valence-corrected chi connectivity index (χ0v) is 7.68. The average molecular weight is 186 g/mol. The molecule has 14 heavy (non-hydrogen) atoms. The van der Waals surface area contributed by atoms with Crippen LogP contribution in [0.1, 0.15) is 12.0 Å². The number of aldehydes is 1. The van der Waals surface area contributed by atoms with Crippen LogP contribution in [0, 0.1) is 0 Å². The predicted molar refractivity (Wildman–Crippen MR) is 53.9 cm³/mol. The molecule has 0 aliphatic heterocycles. The Hall–Kier alpha value is -1.77. The first kappa shape index (κ1) is 8.81. The predicted octanol–water partition coefficient (Wildman–Crippen LogP) is 1.76. The van der Waals surface area contributed by atoms with Crippen molar-refractivity contribution >= 4 is 17.2 Å². The molecule has 0 amide bonds. The molecule has 0 aliphatic carbocycles. The van der Waals surface area contributed by atoms with Crippen molar-refractivity contribution in [3.63, 3.8) is 0 Å². The van der Waals surface area contributed by atoms with Crippen molar-refractivity contribution in [3.05, 3.63) is 36.3 Å². The summed E-state index contributed by atoms with van der Waals surface area (Å²) in [5.41, 5.74) is 2.09. The standard InChI is InChI=1S/C11H10N2O/c14-5-1-2-9-3-4-11-10(6-9)7-12-8-13-11/h3-8H,1-2H2. The van der Waals surface area contributed by atoms with Crippen LogP contribution in [0.3, 0.4) is 0 Å². The van der Waals surface area contributed by atoms with Crippen molar-refractivity contribution in [2.45, 2.75) is 12.8 Å². The molecule has 3 nitrogen and oxygen atoms in total. The molecule has 0 radical (unpaired) electrons. The molecule has 0 aliphatic rings. The number of rotatable bonds is 3. The number of aryl methyl sites for hydroxylation is 1. The first-order valence-electron chi connectivity index (χ1n) is 4.52. The number of hydrogen-bond acceptors (Lipinski definition) is 3. The van der Waals surface area contributed by atoms with Crippen molar-refractivity contribution in [2.24, 2.45) is 0 Å². The number of carbonyl (C=O) groups excluding carboxylic acids is 1. The van der Waals surface area contributed by atoms with Crippen molar-refractivity contribution in [3.8, 4) is 0 Å².